The Hall–Kier alpha value is -3.15. The van der Waals surface area contributed by atoms with Crippen LogP contribution >= 0.6 is 0 Å². The van der Waals surface area contributed by atoms with Crippen molar-refractivity contribution < 1.29 is 18.8 Å². The highest BCUT2D eigenvalue weighted by atomic mass is 16.5. The molecule has 3 rings (SSSR count). The molecular weight excluding hydrogens is 308 g/mol. The summed E-state index contributed by atoms with van der Waals surface area (Å²) in [7, 11) is 1.34. The predicted molar refractivity (Wildman–Crippen MR) is 87.3 cm³/mol. The van der Waals surface area contributed by atoms with Gasteiger partial charge in [-0.3, -0.25) is 4.79 Å². The smallest absolute Gasteiger partial charge is 0.337 e. The number of amides is 1. The van der Waals surface area contributed by atoms with E-state index < -0.39 is 0 Å². The average molecular weight is 324 g/mol. The first kappa shape index (κ1) is 15.7. The molecule has 6 heteroatoms. The Bertz CT molecular complexity index is 868. The first-order chi connectivity index (χ1) is 11.7. The SMILES string of the molecule is COC(=O)c1ccc(CNC(=O)Cc2noc3ccccc23)cc1. The molecule has 6 nitrogen and oxygen atoms in total. The average Bonchev–Trinajstić information content (AvgIpc) is 3.03. The second-order valence-corrected chi connectivity index (χ2v) is 5.27. The van der Waals surface area contributed by atoms with Crippen LogP contribution in [0.4, 0.5) is 0 Å². The summed E-state index contributed by atoms with van der Waals surface area (Å²) in [5.74, 6) is -0.533. The summed E-state index contributed by atoms with van der Waals surface area (Å²) >= 11 is 0. The van der Waals surface area contributed by atoms with Crippen molar-refractivity contribution in [1.82, 2.24) is 10.5 Å². The number of methoxy groups -OCH3 is 1. The van der Waals surface area contributed by atoms with Crippen LogP contribution in [0.25, 0.3) is 11.0 Å². The number of benzene rings is 2. The fourth-order valence-corrected chi connectivity index (χ4v) is 2.36. The summed E-state index contributed by atoms with van der Waals surface area (Å²) in [4.78, 5) is 23.4. The highest BCUT2D eigenvalue weighted by molar-refractivity contribution is 5.89. The van der Waals surface area contributed by atoms with Crippen LogP contribution in [0.3, 0.4) is 0 Å². The van der Waals surface area contributed by atoms with Gasteiger partial charge in [0, 0.05) is 11.9 Å². The van der Waals surface area contributed by atoms with Gasteiger partial charge in [0.25, 0.3) is 0 Å². The van der Waals surface area contributed by atoms with E-state index in [9.17, 15) is 9.59 Å². The van der Waals surface area contributed by atoms with Crippen molar-refractivity contribution in [1.29, 1.82) is 0 Å². The second kappa shape index (κ2) is 6.95. The Balaban J connectivity index is 1.58. The second-order valence-electron chi connectivity index (χ2n) is 5.27. The third-order valence-electron chi connectivity index (χ3n) is 3.64. The number of ether oxygens (including phenoxy) is 1. The third-order valence-corrected chi connectivity index (χ3v) is 3.64. The monoisotopic (exact) mass is 324 g/mol. The number of carbonyl (C=O) groups excluding carboxylic acids is 2. The number of aromatic nitrogens is 1. The van der Waals surface area contributed by atoms with Crippen molar-refractivity contribution in [3.8, 4) is 0 Å². The Kier molecular flexibility index (Phi) is 4.56. The molecule has 0 unspecified atom stereocenters. The first-order valence-electron chi connectivity index (χ1n) is 7.44. The molecule has 24 heavy (non-hydrogen) atoms. The van der Waals surface area contributed by atoms with Crippen molar-refractivity contribution in [3.05, 3.63) is 65.4 Å². The molecule has 0 saturated carbocycles. The molecule has 0 spiro atoms. The molecule has 0 aliphatic rings. The minimum Gasteiger partial charge on any atom is -0.465 e. The van der Waals surface area contributed by atoms with Gasteiger partial charge in [0.1, 0.15) is 5.69 Å². The zero-order valence-electron chi connectivity index (χ0n) is 13.1. The molecule has 0 fully saturated rings. The maximum atomic E-state index is 12.1. The lowest BCUT2D eigenvalue weighted by Crippen LogP contribution is -2.24. The number of fused-ring (bicyclic) bond motifs is 1. The topological polar surface area (TPSA) is 81.4 Å². The molecule has 0 aliphatic carbocycles. The molecular formula is C18H16N2O4. The fourth-order valence-electron chi connectivity index (χ4n) is 2.36. The van der Waals surface area contributed by atoms with E-state index in [1.54, 1.807) is 24.3 Å². The number of para-hydroxylation sites is 1. The maximum Gasteiger partial charge on any atom is 0.337 e. The van der Waals surface area contributed by atoms with Crippen LogP contribution in [0, 0.1) is 0 Å². The minimum atomic E-state index is -0.386. The van der Waals surface area contributed by atoms with Crippen molar-refractivity contribution in [3.63, 3.8) is 0 Å². The van der Waals surface area contributed by atoms with Crippen LogP contribution in [-0.4, -0.2) is 24.1 Å². The van der Waals surface area contributed by atoms with E-state index in [0.29, 0.717) is 23.4 Å². The number of nitrogens with one attached hydrogen (secondary N) is 1. The maximum absolute atomic E-state index is 12.1. The van der Waals surface area contributed by atoms with Gasteiger partial charge in [-0.1, -0.05) is 29.4 Å². The van der Waals surface area contributed by atoms with Gasteiger partial charge >= 0.3 is 5.97 Å². The molecule has 122 valence electrons. The number of carbonyl (C=O) groups is 2. The van der Waals surface area contributed by atoms with Crippen LogP contribution in [0.5, 0.6) is 0 Å². The molecule has 1 heterocycles. The number of esters is 1. The summed E-state index contributed by atoms with van der Waals surface area (Å²) < 4.78 is 9.83. The summed E-state index contributed by atoms with van der Waals surface area (Å²) in [5.41, 5.74) is 2.64. The molecule has 0 aliphatic heterocycles. The number of hydrogen-bond donors (Lipinski definition) is 1. The van der Waals surface area contributed by atoms with Gasteiger partial charge in [0.2, 0.25) is 5.91 Å². The zero-order chi connectivity index (χ0) is 16.9. The lowest BCUT2D eigenvalue weighted by Gasteiger charge is -2.05. The Morgan fingerprint density at radius 3 is 2.62 bits per heavy atom. The fraction of sp³-hybridized carbons (Fsp3) is 0.167. The van der Waals surface area contributed by atoms with E-state index in [1.807, 2.05) is 24.3 Å². The van der Waals surface area contributed by atoms with Gasteiger partial charge in [0.05, 0.1) is 19.1 Å². The van der Waals surface area contributed by atoms with E-state index in [0.717, 1.165) is 10.9 Å². The van der Waals surface area contributed by atoms with Crippen LogP contribution < -0.4 is 5.32 Å². The van der Waals surface area contributed by atoms with Gasteiger partial charge in [-0.2, -0.15) is 0 Å². The highest BCUT2D eigenvalue weighted by Crippen LogP contribution is 2.18. The van der Waals surface area contributed by atoms with E-state index >= 15 is 0 Å². The molecule has 3 aromatic rings. The van der Waals surface area contributed by atoms with E-state index in [4.69, 9.17) is 4.52 Å². The van der Waals surface area contributed by atoms with Crippen LogP contribution in [-0.2, 0) is 22.5 Å². The first-order valence-corrected chi connectivity index (χ1v) is 7.44. The summed E-state index contributed by atoms with van der Waals surface area (Å²) in [6.07, 6.45) is 0.150. The van der Waals surface area contributed by atoms with Gasteiger partial charge in [0.15, 0.2) is 5.58 Å². The molecule has 2 aromatic carbocycles. The third kappa shape index (κ3) is 3.43. The predicted octanol–water partition coefficient (Wildman–Crippen LogP) is 2.47. The van der Waals surface area contributed by atoms with Crippen molar-refractivity contribution in [2.75, 3.05) is 7.11 Å². The molecule has 0 radical (unpaired) electrons. The lowest BCUT2D eigenvalue weighted by molar-refractivity contribution is -0.120. The minimum absolute atomic E-state index is 0.147. The summed E-state index contributed by atoms with van der Waals surface area (Å²) in [6, 6.07) is 14.3. The lowest BCUT2D eigenvalue weighted by atomic mass is 10.1. The number of nitrogens with zero attached hydrogens (tertiary/aromatic N) is 1. The van der Waals surface area contributed by atoms with Crippen LogP contribution in [0.2, 0.25) is 0 Å². The van der Waals surface area contributed by atoms with Crippen LogP contribution in [0.15, 0.2) is 53.1 Å². The van der Waals surface area contributed by atoms with Gasteiger partial charge < -0.3 is 14.6 Å². The molecule has 0 atom stereocenters. The zero-order valence-corrected chi connectivity index (χ0v) is 13.1. The molecule has 0 saturated heterocycles. The normalized spacial score (nSPS) is 10.5. The Morgan fingerprint density at radius 2 is 1.88 bits per heavy atom. The highest BCUT2D eigenvalue weighted by Gasteiger charge is 2.12. The summed E-state index contributed by atoms with van der Waals surface area (Å²) in [5, 5.41) is 7.61. The van der Waals surface area contributed by atoms with Gasteiger partial charge in [-0.05, 0) is 29.8 Å². The van der Waals surface area contributed by atoms with Gasteiger partial charge in [-0.25, -0.2) is 4.79 Å². The molecule has 1 aromatic heterocycles. The standard InChI is InChI=1S/C18H16N2O4/c1-23-18(22)13-8-6-12(7-9-13)11-19-17(21)10-15-14-4-2-3-5-16(14)24-20-15/h2-9H,10-11H2,1H3,(H,19,21). The van der Waals surface area contributed by atoms with E-state index in [-0.39, 0.29) is 18.3 Å². The van der Waals surface area contributed by atoms with Crippen LogP contribution in [0.1, 0.15) is 21.6 Å². The number of rotatable bonds is 5. The largest absolute Gasteiger partial charge is 0.465 e. The number of hydrogen-bond acceptors (Lipinski definition) is 5. The van der Waals surface area contributed by atoms with E-state index in [2.05, 4.69) is 15.2 Å². The Labute approximate surface area is 138 Å². The molecule has 1 N–H and O–H groups in total. The quantitative estimate of drug-likeness (QED) is 0.729. The Morgan fingerprint density at radius 1 is 1.12 bits per heavy atom. The van der Waals surface area contributed by atoms with Crippen molar-refractivity contribution in [2.45, 2.75) is 13.0 Å². The molecule has 1 amide bonds. The van der Waals surface area contributed by atoms with Crippen molar-refractivity contribution in [2.24, 2.45) is 0 Å². The van der Waals surface area contributed by atoms with Gasteiger partial charge in [-0.15, -0.1) is 0 Å². The van der Waals surface area contributed by atoms with Crippen molar-refractivity contribution >= 4 is 22.8 Å². The van der Waals surface area contributed by atoms with E-state index in [1.165, 1.54) is 7.11 Å². The summed E-state index contributed by atoms with van der Waals surface area (Å²) in [6.45, 7) is 0.371. The molecule has 0 bridgehead atoms.